The minimum atomic E-state index is -0.499. The van der Waals surface area contributed by atoms with Crippen molar-refractivity contribution in [1.82, 2.24) is 14.9 Å². The summed E-state index contributed by atoms with van der Waals surface area (Å²) in [6, 6.07) is 1.51. The highest BCUT2D eigenvalue weighted by atomic mass is 35.5. The van der Waals surface area contributed by atoms with Crippen molar-refractivity contribution < 1.29 is 9.53 Å². The summed E-state index contributed by atoms with van der Waals surface area (Å²) in [5.41, 5.74) is -0.499. The molecule has 1 N–H and O–H groups in total. The Bertz CT molecular complexity index is 528. The van der Waals surface area contributed by atoms with E-state index in [9.17, 15) is 4.79 Å². The number of nitrogens with one attached hydrogen (secondary N) is 1. The van der Waals surface area contributed by atoms with Gasteiger partial charge < -0.3 is 15.0 Å². The first-order valence-electron chi connectivity index (χ1n) is 7.17. The molecule has 1 aliphatic heterocycles. The number of hydrogen-bond acceptors (Lipinski definition) is 5. The quantitative estimate of drug-likeness (QED) is 0.828. The first-order chi connectivity index (χ1) is 10.2. The van der Waals surface area contributed by atoms with Crippen LogP contribution in [-0.2, 0) is 4.74 Å². The molecule has 1 aliphatic rings. The van der Waals surface area contributed by atoms with Gasteiger partial charge in [-0.3, -0.25) is 0 Å². The van der Waals surface area contributed by atoms with Crippen LogP contribution in [0, 0.1) is 0 Å². The molecule has 1 saturated heterocycles. The van der Waals surface area contributed by atoms with Crippen LogP contribution in [-0.4, -0.2) is 45.7 Å². The summed E-state index contributed by atoms with van der Waals surface area (Å²) in [6.45, 7) is 6.78. The lowest BCUT2D eigenvalue weighted by Gasteiger charge is -2.34. The van der Waals surface area contributed by atoms with E-state index in [-0.39, 0.29) is 22.4 Å². The molecule has 0 radical (unpaired) electrons. The number of anilines is 1. The Morgan fingerprint density at radius 1 is 1.36 bits per heavy atom. The number of ether oxygens (including phenoxy) is 1. The monoisotopic (exact) mass is 346 g/mol. The molecule has 0 bridgehead atoms. The highest BCUT2D eigenvalue weighted by molar-refractivity contribution is 6.33. The highest BCUT2D eigenvalue weighted by Crippen LogP contribution is 2.19. The number of aromatic nitrogens is 2. The van der Waals surface area contributed by atoms with Gasteiger partial charge in [-0.05, 0) is 33.6 Å². The van der Waals surface area contributed by atoms with Crippen LogP contribution >= 0.6 is 23.2 Å². The Hall–Kier alpha value is -1.27. The van der Waals surface area contributed by atoms with Gasteiger partial charge >= 0.3 is 6.09 Å². The van der Waals surface area contributed by atoms with E-state index in [0.29, 0.717) is 19.0 Å². The number of carbonyl (C=O) groups excluding carboxylic acids is 1. The Morgan fingerprint density at radius 2 is 2.00 bits per heavy atom. The lowest BCUT2D eigenvalue weighted by atomic mass is 10.1. The van der Waals surface area contributed by atoms with Gasteiger partial charge in [0.05, 0.1) is 0 Å². The highest BCUT2D eigenvalue weighted by Gasteiger charge is 2.28. The van der Waals surface area contributed by atoms with Crippen LogP contribution < -0.4 is 5.32 Å². The van der Waals surface area contributed by atoms with Gasteiger partial charge in [-0.15, -0.1) is 0 Å². The third-order valence-electron chi connectivity index (χ3n) is 3.07. The zero-order valence-electron chi connectivity index (χ0n) is 12.9. The van der Waals surface area contributed by atoms with Gasteiger partial charge in [0.15, 0.2) is 0 Å². The van der Waals surface area contributed by atoms with Crippen LogP contribution in [0.5, 0.6) is 0 Å². The van der Waals surface area contributed by atoms with Gasteiger partial charge in [0.25, 0.3) is 0 Å². The fourth-order valence-electron chi connectivity index (χ4n) is 2.22. The van der Waals surface area contributed by atoms with Gasteiger partial charge in [-0.25, -0.2) is 14.8 Å². The van der Waals surface area contributed by atoms with Gasteiger partial charge in [-0.1, -0.05) is 23.2 Å². The third kappa shape index (κ3) is 5.18. The molecule has 0 saturated carbocycles. The zero-order chi connectivity index (χ0) is 16.3. The number of halogens is 2. The summed E-state index contributed by atoms with van der Waals surface area (Å²) in [6.07, 6.45) is 1.49. The fourth-order valence-corrected chi connectivity index (χ4v) is 2.65. The van der Waals surface area contributed by atoms with Crippen molar-refractivity contribution in [3.05, 3.63) is 16.4 Å². The van der Waals surface area contributed by atoms with Crippen molar-refractivity contribution in [2.75, 3.05) is 18.4 Å². The second kappa shape index (κ2) is 6.87. The molecule has 0 aromatic carbocycles. The number of amides is 1. The Morgan fingerprint density at radius 3 is 2.59 bits per heavy atom. The van der Waals surface area contributed by atoms with Crippen LogP contribution in [0.2, 0.25) is 10.3 Å². The predicted molar refractivity (Wildman–Crippen MR) is 86.5 cm³/mol. The van der Waals surface area contributed by atoms with E-state index >= 15 is 0 Å². The molecule has 22 heavy (non-hydrogen) atoms. The van der Waals surface area contributed by atoms with E-state index in [4.69, 9.17) is 27.9 Å². The van der Waals surface area contributed by atoms with Crippen LogP contribution in [0.25, 0.3) is 0 Å². The topological polar surface area (TPSA) is 67.3 Å². The number of rotatable bonds is 2. The summed E-state index contributed by atoms with van der Waals surface area (Å²) < 4.78 is 5.40. The van der Waals surface area contributed by atoms with Crippen LogP contribution in [0.1, 0.15) is 33.6 Å². The average molecular weight is 347 g/mol. The molecule has 0 aliphatic carbocycles. The number of likely N-dealkylation sites (tertiary alicyclic amines) is 1. The smallest absolute Gasteiger partial charge is 0.410 e. The lowest BCUT2D eigenvalue weighted by Crippen LogP contribution is -2.47. The molecular formula is C14H20Cl2N4O2. The van der Waals surface area contributed by atoms with Gasteiger partial charge in [0, 0.05) is 25.2 Å². The molecule has 1 atom stereocenters. The number of piperidine rings is 1. The van der Waals surface area contributed by atoms with E-state index in [1.807, 2.05) is 20.8 Å². The van der Waals surface area contributed by atoms with Crippen molar-refractivity contribution in [2.24, 2.45) is 0 Å². The maximum atomic E-state index is 12.1. The minimum absolute atomic E-state index is 0.0378. The van der Waals surface area contributed by atoms with Crippen molar-refractivity contribution in [3.63, 3.8) is 0 Å². The lowest BCUT2D eigenvalue weighted by molar-refractivity contribution is 0.0206. The second-order valence-corrected chi connectivity index (χ2v) is 7.02. The maximum absolute atomic E-state index is 12.1. The largest absolute Gasteiger partial charge is 0.444 e. The van der Waals surface area contributed by atoms with Crippen molar-refractivity contribution in [1.29, 1.82) is 0 Å². The standard InChI is InChI=1S/C14H20Cl2N4O2/c1-14(2,3)22-13(21)20-6-4-5-9(8-20)17-12-18-10(15)7-11(16)19-12/h7,9H,4-6,8H2,1-3H3,(H,17,18,19)/t9-/m0/s1. The summed E-state index contributed by atoms with van der Waals surface area (Å²) in [7, 11) is 0. The average Bonchev–Trinajstić information content (AvgIpc) is 2.35. The first-order valence-corrected chi connectivity index (χ1v) is 7.93. The molecule has 2 heterocycles. The molecular weight excluding hydrogens is 327 g/mol. The summed E-state index contributed by atoms with van der Waals surface area (Å²) in [4.78, 5) is 22.0. The molecule has 0 unspecified atom stereocenters. The Labute approximate surface area is 140 Å². The van der Waals surface area contributed by atoms with Gasteiger partial charge in [-0.2, -0.15) is 0 Å². The molecule has 8 heteroatoms. The zero-order valence-corrected chi connectivity index (χ0v) is 14.4. The van der Waals surface area contributed by atoms with Gasteiger partial charge in [0.2, 0.25) is 5.95 Å². The van der Waals surface area contributed by atoms with E-state index in [0.717, 1.165) is 12.8 Å². The molecule has 1 aromatic rings. The van der Waals surface area contributed by atoms with E-state index in [1.165, 1.54) is 6.07 Å². The normalized spacial score (nSPS) is 19.0. The minimum Gasteiger partial charge on any atom is -0.444 e. The van der Waals surface area contributed by atoms with Crippen molar-refractivity contribution >= 4 is 35.2 Å². The molecule has 6 nitrogen and oxygen atoms in total. The number of carbonyl (C=O) groups is 1. The Kier molecular flexibility index (Phi) is 5.34. The summed E-state index contributed by atoms with van der Waals surface area (Å²) in [5.74, 6) is 0.369. The molecule has 0 spiro atoms. The van der Waals surface area contributed by atoms with Gasteiger partial charge in [0.1, 0.15) is 15.9 Å². The third-order valence-corrected chi connectivity index (χ3v) is 3.46. The van der Waals surface area contributed by atoms with Crippen molar-refractivity contribution in [3.8, 4) is 0 Å². The number of hydrogen-bond donors (Lipinski definition) is 1. The molecule has 1 aromatic heterocycles. The summed E-state index contributed by atoms with van der Waals surface area (Å²) in [5, 5.41) is 3.73. The predicted octanol–water partition coefficient (Wildman–Crippen LogP) is 3.59. The van der Waals surface area contributed by atoms with E-state index in [1.54, 1.807) is 4.90 Å². The van der Waals surface area contributed by atoms with Crippen LogP contribution in [0.4, 0.5) is 10.7 Å². The van der Waals surface area contributed by atoms with E-state index in [2.05, 4.69) is 15.3 Å². The van der Waals surface area contributed by atoms with E-state index < -0.39 is 5.60 Å². The summed E-state index contributed by atoms with van der Waals surface area (Å²) >= 11 is 11.7. The van der Waals surface area contributed by atoms with Crippen molar-refractivity contribution in [2.45, 2.75) is 45.3 Å². The SMILES string of the molecule is CC(C)(C)OC(=O)N1CCC[C@H](Nc2nc(Cl)cc(Cl)n2)C1. The van der Waals surface area contributed by atoms with Crippen LogP contribution in [0.15, 0.2) is 6.07 Å². The molecule has 2 rings (SSSR count). The second-order valence-electron chi connectivity index (χ2n) is 6.25. The first kappa shape index (κ1) is 17.1. The molecule has 1 amide bonds. The molecule has 1 fully saturated rings. The number of nitrogens with zero attached hydrogens (tertiary/aromatic N) is 3. The van der Waals surface area contributed by atoms with Crippen LogP contribution in [0.3, 0.4) is 0 Å². The fraction of sp³-hybridized carbons (Fsp3) is 0.643. The Balaban J connectivity index is 1.97. The molecule has 122 valence electrons. The maximum Gasteiger partial charge on any atom is 0.410 e.